The van der Waals surface area contributed by atoms with E-state index in [4.69, 9.17) is 4.74 Å². The Labute approximate surface area is 63.0 Å². The fourth-order valence-electron chi connectivity index (χ4n) is 1.38. The summed E-state index contributed by atoms with van der Waals surface area (Å²) in [6.45, 7) is 2.12. The van der Waals surface area contributed by atoms with Crippen LogP contribution in [0.5, 0.6) is 0 Å². The maximum atomic E-state index is 5.47. The van der Waals surface area contributed by atoms with Crippen LogP contribution in [0.15, 0.2) is 0 Å². The van der Waals surface area contributed by atoms with Crippen LogP contribution in [0.25, 0.3) is 0 Å². The molecule has 1 atom stereocenters. The number of ether oxygens (including phenoxy) is 1. The Morgan fingerprint density at radius 2 is 2.50 bits per heavy atom. The summed E-state index contributed by atoms with van der Waals surface area (Å²) in [6, 6.07) is 0. The second-order valence-corrected chi connectivity index (χ2v) is 2.88. The summed E-state index contributed by atoms with van der Waals surface area (Å²) in [5, 5.41) is 3.14. The Balaban J connectivity index is 1.91. The number of hydrogen-bond acceptors (Lipinski definition) is 2. The standard InChI is InChI=1S/C8H17NO/c1-9-6-2-4-8-5-3-7-10-8/h8-9H,2-7H2,1H3/t8-/m1/s1. The molecule has 1 aliphatic rings. The summed E-state index contributed by atoms with van der Waals surface area (Å²) in [5.74, 6) is 0. The van der Waals surface area contributed by atoms with Gasteiger partial charge >= 0.3 is 0 Å². The second kappa shape index (κ2) is 4.69. The molecule has 1 N–H and O–H groups in total. The van der Waals surface area contributed by atoms with Gasteiger partial charge in [0.2, 0.25) is 0 Å². The molecule has 0 aromatic carbocycles. The predicted molar refractivity (Wildman–Crippen MR) is 42.1 cm³/mol. The minimum atomic E-state index is 0.577. The largest absolute Gasteiger partial charge is 0.378 e. The van der Waals surface area contributed by atoms with Crippen molar-refractivity contribution in [3.63, 3.8) is 0 Å². The third-order valence-corrected chi connectivity index (χ3v) is 1.98. The molecule has 0 aromatic rings. The van der Waals surface area contributed by atoms with E-state index < -0.39 is 0 Å². The van der Waals surface area contributed by atoms with Crippen molar-refractivity contribution in [1.82, 2.24) is 5.32 Å². The fourth-order valence-corrected chi connectivity index (χ4v) is 1.38. The van der Waals surface area contributed by atoms with Gasteiger partial charge in [0.05, 0.1) is 6.10 Å². The van der Waals surface area contributed by atoms with E-state index in [0.717, 1.165) is 13.2 Å². The molecule has 2 heteroatoms. The quantitative estimate of drug-likeness (QED) is 0.596. The van der Waals surface area contributed by atoms with Gasteiger partial charge in [0.15, 0.2) is 0 Å². The summed E-state index contributed by atoms with van der Waals surface area (Å²) in [5.41, 5.74) is 0. The average molecular weight is 143 g/mol. The Hall–Kier alpha value is -0.0800. The molecule has 0 amide bonds. The molecule has 60 valence electrons. The van der Waals surface area contributed by atoms with Crippen molar-refractivity contribution in [3.05, 3.63) is 0 Å². The summed E-state index contributed by atoms with van der Waals surface area (Å²) in [6.07, 6.45) is 5.61. The van der Waals surface area contributed by atoms with Crippen LogP contribution in [-0.4, -0.2) is 26.3 Å². The lowest BCUT2D eigenvalue weighted by Gasteiger charge is -2.07. The molecule has 1 saturated heterocycles. The summed E-state index contributed by atoms with van der Waals surface area (Å²) in [7, 11) is 2.00. The second-order valence-electron chi connectivity index (χ2n) is 2.88. The average Bonchev–Trinajstić information content (AvgIpc) is 2.41. The molecule has 2 nitrogen and oxygen atoms in total. The Bertz CT molecular complexity index is 79.3. The van der Waals surface area contributed by atoms with Crippen LogP contribution in [-0.2, 0) is 4.74 Å². The van der Waals surface area contributed by atoms with Crippen molar-refractivity contribution in [2.24, 2.45) is 0 Å². The Morgan fingerprint density at radius 3 is 3.10 bits per heavy atom. The first-order valence-electron chi connectivity index (χ1n) is 4.19. The van der Waals surface area contributed by atoms with Crippen LogP contribution >= 0.6 is 0 Å². The molecule has 0 unspecified atom stereocenters. The lowest BCUT2D eigenvalue weighted by Crippen LogP contribution is -2.12. The normalized spacial score (nSPS) is 25.5. The molecule has 0 aliphatic carbocycles. The first kappa shape index (κ1) is 8.02. The summed E-state index contributed by atoms with van der Waals surface area (Å²) < 4.78 is 5.47. The van der Waals surface area contributed by atoms with Gasteiger partial charge in [-0.05, 0) is 39.3 Å². The molecule has 1 fully saturated rings. The fraction of sp³-hybridized carbons (Fsp3) is 1.00. The van der Waals surface area contributed by atoms with Gasteiger partial charge in [0.25, 0.3) is 0 Å². The zero-order chi connectivity index (χ0) is 7.23. The Kier molecular flexibility index (Phi) is 3.76. The SMILES string of the molecule is CNCCC[C@@H]1CCCO1. The molecular weight excluding hydrogens is 126 g/mol. The van der Waals surface area contributed by atoms with Crippen LogP contribution in [0.4, 0.5) is 0 Å². The van der Waals surface area contributed by atoms with Crippen molar-refractivity contribution in [3.8, 4) is 0 Å². The lowest BCUT2D eigenvalue weighted by molar-refractivity contribution is 0.102. The molecule has 0 radical (unpaired) electrons. The van der Waals surface area contributed by atoms with Crippen molar-refractivity contribution < 1.29 is 4.74 Å². The van der Waals surface area contributed by atoms with Gasteiger partial charge in [-0.1, -0.05) is 0 Å². The zero-order valence-corrected chi connectivity index (χ0v) is 6.73. The first-order chi connectivity index (χ1) is 4.93. The molecule has 0 aromatic heterocycles. The monoisotopic (exact) mass is 143 g/mol. The maximum Gasteiger partial charge on any atom is 0.0576 e. The smallest absolute Gasteiger partial charge is 0.0576 e. The van der Waals surface area contributed by atoms with Gasteiger partial charge in [0.1, 0.15) is 0 Å². The number of hydrogen-bond donors (Lipinski definition) is 1. The van der Waals surface area contributed by atoms with Crippen LogP contribution in [0.3, 0.4) is 0 Å². The highest BCUT2D eigenvalue weighted by molar-refractivity contribution is 4.64. The van der Waals surface area contributed by atoms with Crippen molar-refractivity contribution in [2.75, 3.05) is 20.2 Å². The van der Waals surface area contributed by atoms with Crippen molar-refractivity contribution in [1.29, 1.82) is 0 Å². The maximum absolute atomic E-state index is 5.47. The van der Waals surface area contributed by atoms with Crippen molar-refractivity contribution >= 4 is 0 Å². The van der Waals surface area contributed by atoms with E-state index >= 15 is 0 Å². The number of rotatable bonds is 4. The van der Waals surface area contributed by atoms with Gasteiger partial charge in [0, 0.05) is 6.61 Å². The van der Waals surface area contributed by atoms with Crippen LogP contribution in [0.2, 0.25) is 0 Å². The van der Waals surface area contributed by atoms with E-state index in [1.807, 2.05) is 7.05 Å². The van der Waals surface area contributed by atoms with E-state index in [9.17, 15) is 0 Å². The summed E-state index contributed by atoms with van der Waals surface area (Å²) >= 11 is 0. The van der Waals surface area contributed by atoms with E-state index in [1.54, 1.807) is 0 Å². The molecule has 0 spiro atoms. The topological polar surface area (TPSA) is 21.3 Å². The van der Waals surface area contributed by atoms with E-state index in [0.29, 0.717) is 6.10 Å². The van der Waals surface area contributed by atoms with Gasteiger partial charge < -0.3 is 10.1 Å². The number of nitrogens with one attached hydrogen (secondary N) is 1. The molecular formula is C8H17NO. The van der Waals surface area contributed by atoms with E-state index in [-0.39, 0.29) is 0 Å². The first-order valence-corrected chi connectivity index (χ1v) is 4.19. The highest BCUT2D eigenvalue weighted by Gasteiger charge is 2.13. The van der Waals surface area contributed by atoms with Crippen LogP contribution in [0.1, 0.15) is 25.7 Å². The van der Waals surface area contributed by atoms with Gasteiger partial charge in [-0.15, -0.1) is 0 Å². The van der Waals surface area contributed by atoms with Crippen molar-refractivity contribution in [2.45, 2.75) is 31.8 Å². The highest BCUT2D eigenvalue weighted by atomic mass is 16.5. The molecule has 10 heavy (non-hydrogen) atoms. The van der Waals surface area contributed by atoms with Crippen LogP contribution in [0, 0.1) is 0 Å². The molecule has 1 rings (SSSR count). The molecule has 0 saturated carbocycles. The molecule has 1 heterocycles. The van der Waals surface area contributed by atoms with Gasteiger partial charge in [-0.2, -0.15) is 0 Å². The zero-order valence-electron chi connectivity index (χ0n) is 6.73. The highest BCUT2D eigenvalue weighted by Crippen LogP contribution is 2.15. The predicted octanol–water partition coefficient (Wildman–Crippen LogP) is 1.16. The van der Waals surface area contributed by atoms with E-state index in [2.05, 4.69) is 5.32 Å². The molecule has 0 bridgehead atoms. The van der Waals surface area contributed by atoms with Gasteiger partial charge in [-0.25, -0.2) is 0 Å². The summed E-state index contributed by atoms with van der Waals surface area (Å²) in [4.78, 5) is 0. The van der Waals surface area contributed by atoms with E-state index in [1.165, 1.54) is 25.7 Å². The van der Waals surface area contributed by atoms with Crippen LogP contribution < -0.4 is 5.32 Å². The van der Waals surface area contributed by atoms with Gasteiger partial charge in [-0.3, -0.25) is 0 Å². The Morgan fingerprint density at radius 1 is 1.60 bits per heavy atom. The minimum absolute atomic E-state index is 0.577. The third-order valence-electron chi connectivity index (χ3n) is 1.98. The lowest BCUT2D eigenvalue weighted by atomic mass is 10.1. The third kappa shape index (κ3) is 2.67. The molecule has 1 aliphatic heterocycles. The minimum Gasteiger partial charge on any atom is -0.378 e.